The largest absolute Gasteiger partial charge is 0.468 e. The van der Waals surface area contributed by atoms with Gasteiger partial charge in [0.25, 0.3) is 0 Å². The summed E-state index contributed by atoms with van der Waals surface area (Å²) in [7, 11) is 1.15. The Morgan fingerprint density at radius 2 is 1.40 bits per heavy atom. The van der Waals surface area contributed by atoms with Crippen molar-refractivity contribution in [3.8, 4) is 0 Å². The molecule has 5 heterocycles. The number of rotatable bonds is 12. The molecule has 3 saturated heterocycles. The summed E-state index contributed by atoms with van der Waals surface area (Å²) in [6.07, 6.45) is -14.4. The topological polar surface area (TPSA) is 322 Å². The van der Waals surface area contributed by atoms with Crippen LogP contribution in [0.2, 0.25) is 0 Å². The number of aliphatic hydroxyl groups is 8. The molecule has 1 aliphatic carbocycles. The maximum Gasteiger partial charge on any atom is 0.338 e. The number of allylic oxidation sites excluding steroid dienone is 2. The lowest BCUT2D eigenvalue weighted by molar-refractivity contribution is -0.327. The number of hydrogen-bond donors (Lipinski definition) is 8. The SMILES string of the molecule is C/C=C1/[C@H](O[C@@H]2O[C@H](CO)[C@@H](O)[C@H](O)[C@H]2O)OC=C(C(=O)OC)[C@H]1CC(=O)OCC(C)[C@@H]1C[C@H]2OC(=O)C3=CO[C@@H](O[C@@H]4O[C@H](CO)[C@@H](O)[C@H](O)[C@H]4O)/C(=C/C)[C@@H]3CC(=O)OC[C@@H]1[C@H]2C. The average Bonchev–Trinajstić information content (AvgIpc) is 3.60. The van der Waals surface area contributed by atoms with E-state index in [0.717, 1.165) is 19.6 Å². The lowest BCUT2D eigenvalue weighted by Gasteiger charge is -2.42. The van der Waals surface area contributed by atoms with E-state index in [2.05, 4.69) is 0 Å². The first kappa shape index (κ1) is 50.4. The minimum Gasteiger partial charge on any atom is -0.468 e. The number of esters is 4. The Balaban J connectivity index is 1.11. The quantitative estimate of drug-likeness (QED) is 0.0602. The molecule has 22 heteroatoms. The first-order valence-corrected chi connectivity index (χ1v) is 21.5. The Hall–Kier alpha value is -4.04. The van der Waals surface area contributed by atoms with Crippen molar-refractivity contribution >= 4 is 23.9 Å². The normalized spacial score (nSPS) is 41.6. The highest BCUT2D eigenvalue weighted by Crippen LogP contribution is 2.46. The fraction of sp³-hybridized carbons (Fsp3) is 0.721. The first-order chi connectivity index (χ1) is 31.0. The van der Waals surface area contributed by atoms with Crippen LogP contribution in [-0.4, -0.2) is 178 Å². The van der Waals surface area contributed by atoms with E-state index >= 15 is 0 Å². The molecule has 1 saturated carbocycles. The molecule has 0 aromatic rings. The summed E-state index contributed by atoms with van der Waals surface area (Å²) in [5, 5.41) is 81.3. The average molecular weight is 929 g/mol. The van der Waals surface area contributed by atoms with Crippen LogP contribution in [0.5, 0.6) is 0 Å². The predicted molar refractivity (Wildman–Crippen MR) is 213 cm³/mol. The Kier molecular flexibility index (Phi) is 16.8. The molecular formula is C43H60O22. The number of cyclic esters (lactones) is 1. The minimum atomic E-state index is -1.76. The van der Waals surface area contributed by atoms with Gasteiger partial charge in [0.05, 0.1) is 70.0 Å². The number of methoxy groups -OCH3 is 1. The van der Waals surface area contributed by atoms with Gasteiger partial charge in [-0.25, -0.2) is 9.59 Å². The van der Waals surface area contributed by atoms with Crippen LogP contribution in [0.4, 0.5) is 0 Å². The lowest BCUT2D eigenvalue weighted by atomic mass is 9.83. The molecule has 2 bridgehead atoms. The number of aliphatic hydroxyl groups excluding tert-OH is 8. The molecule has 19 atom stereocenters. The molecule has 0 aromatic heterocycles. The van der Waals surface area contributed by atoms with Crippen LogP contribution >= 0.6 is 0 Å². The van der Waals surface area contributed by atoms with Crippen molar-refractivity contribution in [1.82, 2.24) is 0 Å². The van der Waals surface area contributed by atoms with E-state index in [9.17, 15) is 60.0 Å². The van der Waals surface area contributed by atoms with Gasteiger partial charge in [-0.2, -0.15) is 0 Å². The van der Waals surface area contributed by atoms with Gasteiger partial charge in [0.2, 0.25) is 12.6 Å². The highest BCUT2D eigenvalue weighted by Gasteiger charge is 2.51. The van der Waals surface area contributed by atoms with Crippen molar-refractivity contribution in [3.63, 3.8) is 0 Å². The first-order valence-electron chi connectivity index (χ1n) is 21.5. The summed E-state index contributed by atoms with van der Waals surface area (Å²) < 4.78 is 56.6. The molecule has 364 valence electrons. The van der Waals surface area contributed by atoms with Crippen LogP contribution in [0.25, 0.3) is 0 Å². The summed E-state index contributed by atoms with van der Waals surface area (Å²) in [4.78, 5) is 53.9. The molecule has 65 heavy (non-hydrogen) atoms. The summed E-state index contributed by atoms with van der Waals surface area (Å²) in [6.45, 7) is 5.37. The van der Waals surface area contributed by atoms with Crippen LogP contribution in [-0.2, 0) is 66.5 Å². The van der Waals surface area contributed by atoms with Crippen LogP contribution in [0.3, 0.4) is 0 Å². The molecule has 0 amide bonds. The van der Waals surface area contributed by atoms with Crippen molar-refractivity contribution in [3.05, 3.63) is 47.0 Å². The molecule has 0 spiro atoms. The van der Waals surface area contributed by atoms with Crippen molar-refractivity contribution in [2.24, 2.45) is 35.5 Å². The molecule has 6 rings (SSSR count). The second-order valence-corrected chi connectivity index (χ2v) is 17.0. The number of ether oxygens (including phenoxy) is 10. The summed E-state index contributed by atoms with van der Waals surface area (Å²) >= 11 is 0. The Bertz CT molecular complexity index is 1840. The molecule has 0 radical (unpaired) electrons. The standard InChI is InChI=1S/C43H60O22/c1-6-19-22(25(38(54)56-5)15-59-40(19)64-42-36(52)34(50)32(48)28(11-44)62-42)9-30(46)57-13-17(3)21-8-27-18(4)24(21)14-58-31(47)10-23-20(7-2)41(60-16-26(23)39(55)61-27)65-43-37(53)35(51)33(49)29(12-45)63-43/h6-7,15-18,21-24,27-29,32-37,40-45,48-53H,8-14H2,1-5H3/b19-6+,20-7+/t17?,18-,21+,22+,23+,24-,27-,28-,29-,32-,33-,34+,35+,36-,37-,40+,41+,42+,43+/m1/s1. The van der Waals surface area contributed by atoms with E-state index in [0.29, 0.717) is 6.42 Å². The van der Waals surface area contributed by atoms with Gasteiger partial charge in [0.15, 0.2) is 12.6 Å². The van der Waals surface area contributed by atoms with Gasteiger partial charge < -0.3 is 88.2 Å². The van der Waals surface area contributed by atoms with Crippen molar-refractivity contribution in [2.45, 2.75) is 127 Å². The fourth-order valence-corrected chi connectivity index (χ4v) is 9.33. The Labute approximate surface area is 373 Å². The fourth-order valence-electron chi connectivity index (χ4n) is 9.33. The molecule has 6 aliphatic rings. The van der Waals surface area contributed by atoms with Crippen LogP contribution in [0.1, 0.15) is 47.0 Å². The molecule has 22 nitrogen and oxygen atoms in total. The van der Waals surface area contributed by atoms with E-state index in [4.69, 9.17) is 47.4 Å². The van der Waals surface area contributed by atoms with E-state index < -0.39 is 135 Å². The zero-order valence-corrected chi connectivity index (χ0v) is 36.5. The number of fused-ring (bicyclic) bond motifs is 3. The monoisotopic (exact) mass is 928 g/mol. The third-order valence-corrected chi connectivity index (χ3v) is 13.3. The van der Waals surface area contributed by atoms with Crippen LogP contribution in [0, 0.1) is 35.5 Å². The van der Waals surface area contributed by atoms with Crippen molar-refractivity contribution < 1.29 is 107 Å². The van der Waals surface area contributed by atoms with Gasteiger partial charge in [0.1, 0.15) is 54.9 Å². The molecule has 1 unspecified atom stereocenters. The van der Waals surface area contributed by atoms with E-state index in [1.165, 1.54) is 6.08 Å². The second kappa shape index (κ2) is 21.7. The van der Waals surface area contributed by atoms with Gasteiger partial charge in [-0.05, 0) is 38.0 Å². The molecule has 5 aliphatic heterocycles. The van der Waals surface area contributed by atoms with Crippen LogP contribution in [0.15, 0.2) is 47.0 Å². The third-order valence-electron chi connectivity index (χ3n) is 13.3. The van der Waals surface area contributed by atoms with Crippen molar-refractivity contribution in [1.29, 1.82) is 0 Å². The summed E-state index contributed by atoms with van der Waals surface area (Å²) in [5.41, 5.74) is 0.476. The van der Waals surface area contributed by atoms with Gasteiger partial charge in [-0.3, -0.25) is 9.59 Å². The summed E-state index contributed by atoms with van der Waals surface area (Å²) in [6, 6.07) is 0. The van der Waals surface area contributed by atoms with E-state index in [-0.39, 0.29) is 65.6 Å². The molecule has 4 fully saturated rings. The van der Waals surface area contributed by atoms with E-state index in [1.807, 2.05) is 13.8 Å². The Morgan fingerprint density at radius 3 is 1.95 bits per heavy atom. The molecule has 8 N–H and O–H groups in total. The van der Waals surface area contributed by atoms with Crippen LogP contribution < -0.4 is 0 Å². The second-order valence-electron chi connectivity index (χ2n) is 17.0. The highest BCUT2D eigenvalue weighted by atomic mass is 16.8. The number of carbonyl (C=O) groups excluding carboxylic acids is 4. The number of hydrogen-bond acceptors (Lipinski definition) is 22. The molecular weight excluding hydrogens is 868 g/mol. The lowest BCUT2D eigenvalue weighted by Crippen LogP contribution is -2.60. The zero-order valence-electron chi connectivity index (χ0n) is 36.5. The number of carbonyl (C=O) groups is 4. The van der Waals surface area contributed by atoms with E-state index in [1.54, 1.807) is 19.9 Å². The van der Waals surface area contributed by atoms with Gasteiger partial charge in [-0.15, -0.1) is 0 Å². The predicted octanol–water partition coefficient (Wildman–Crippen LogP) is -1.90. The Morgan fingerprint density at radius 1 is 0.831 bits per heavy atom. The summed E-state index contributed by atoms with van der Waals surface area (Å²) in [5.74, 6) is -6.18. The smallest absolute Gasteiger partial charge is 0.338 e. The highest BCUT2D eigenvalue weighted by molar-refractivity contribution is 5.91. The third kappa shape index (κ3) is 10.6. The zero-order chi connectivity index (χ0) is 47.4. The maximum absolute atomic E-state index is 13.9. The molecule has 0 aromatic carbocycles. The maximum atomic E-state index is 13.9. The van der Waals surface area contributed by atoms with Crippen molar-refractivity contribution in [2.75, 3.05) is 33.5 Å². The van der Waals surface area contributed by atoms with Gasteiger partial charge in [-0.1, -0.05) is 26.0 Å². The minimum absolute atomic E-state index is 0.00501. The van der Waals surface area contributed by atoms with Gasteiger partial charge in [0, 0.05) is 28.9 Å². The van der Waals surface area contributed by atoms with Gasteiger partial charge >= 0.3 is 23.9 Å².